The minimum atomic E-state index is -0.307. The molecule has 0 heterocycles. The number of nitriles is 1. The summed E-state index contributed by atoms with van der Waals surface area (Å²) in [4.78, 5) is 12.8. The van der Waals surface area contributed by atoms with Crippen molar-refractivity contribution in [1.82, 2.24) is 4.90 Å². The molecule has 17 heavy (non-hydrogen) atoms. The Kier molecular flexibility index (Phi) is 4.68. The van der Waals surface area contributed by atoms with Gasteiger partial charge in [-0.1, -0.05) is 18.2 Å². The number of carbonyl (C=O) groups excluding carboxylic acids is 1. The van der Waals surface area contributed by atoms with Gasteiger partial charge < -0.3 is 5.73 Å². The number of hydrogen-bond donors (Lipinski definition) is 1. The zero-order valence-electron chi connectivity index (χ0n) is 10.2. The number of carbonyl (C=O) groups is 1. The van der Waals surface area contributed by atoms with Crippen LogP contribution in [0.15, 0.2) is 24.3 Å². The van der Waals surface area contributed by atoms with Gasteiger partial charge >= 0.3 is 0 Å². The second-order valence-corrected chi connectivity index (χ2v) is 4.20. The summed E-state index contributed by atoms with van der Waals surface area (Å²) in [5.74, 6) is -0.307. The van der Waals surface area contributed by atoms with Gasteiger partial charge in [-0.05, 0) is 25.6 Å². The third-order valence-electron chi connectivity index (χ3n) is 2.81. The van der Waals surface area contributed by atoms with Crippen molar-refractivity contribution in [1.29, 1.82) is 5.26 Å². The van der Waals surface area contributed by atoms with Crippen molar-refractivity contribution in [2.24, 2.45) is 5.73 Å². The third-order valence-corrected chi connectivity index (χ3v) is 2.81. The molecule has 4 nitrogen and oxygen atoms in total. The SMILES string of the molecule is CC(CC(N)=O)N(C)Cc1ccccc1C#N. The van der Waals surface area contributed by atoms with Gasteiger partial charge in [-0.25, -0.2) is 0 Å². The predicted molar refractivity (Wildman–Crippen MR) is 65.9 cm³/mol. The van der Waals surface area contributed by atoms with Gasteiger partial charge in [0.2, 0.25) is 5.91 Å². The van der Waals surface area contributed by atoms with E-state index in [4.69, 9.17) is 11.0 Å². The summed E-state index contributed by atoms with van der Waals surface area (Å²) >= 11 is 0. The largest absolute Gasteiger partial charge is 0.370 e. The summed E-state index contributed by atoms with van der Waals surface area (Å²) in [6, 6.07) is 9.69. The maximum atomic E-state index is 10.8. The Hall–Kier alpha value is -1.86. The standard InChI is InChI=1S/C13H17N3O/c1-10(7-13(15)17)16(2)9-12-6-4-3-5-11(12)8-14/h3-6,10H,7,9H2,1-2H3,(H2,15,17). The molecule has 90 valence electrons. The van der Waals surface area contributed by atoms with Crippen molar-refractivity contribution in [3.8, 4) is 6.07 Å². The maximum absolute atomic E-state index is 10.8. The van der Waals surface area contributed by atoms with Crippen LogP contribution in [0.4, 0.5) is 0 Å². The van der Waals surface area contributed by atoms with Gasteiger partial charge in [0.05, 0.1) is 11.6 Å². The molecule has 0 aliphatic carbocycles. The molecule has 0 bridgehead atoms. The van der Waals surface area contributed by atoms with Crippen LogP contribution >= 0.6 is 0 Å². The highest BCUT2D eigenvalue weighted by molar-refractivity contribution is 5.74. The molecule has 2 N–H and O–H groups in total. The minimum Gasteiger partial charge on any atom is -0.370 e. The molecule has 4 heteroatoms. The van der Waals surface area contributed by atoms with Crippen molar-refractivity contribution < 1.29 is 4.79 Å². The van der Waals surface area contributed by atoms with Crippen LogP contribution < -0.4 is 5.73 Å². The summed E-state index contributed by atoms with van der Waals surface area (Å²) in [5.41, 5.74) is 6.80. The Bertz CT molecular complexity index is 437. The number of nitrogens with zero attached hydrogens (tertiary/aromatic N) is 2. The summed E-state index contributed by atoms with van der Waals surface area (Å²) < 4.78 is 0. The van der Waals surface area contributed by atoms with Gasteiger partial charge in [-0.3, -0.25) is 9.69 Å². The number of benzene rings is 1. The predicted octanol–water partition coefficient (Wildman–Crippen LogP) is 1.25. The first kappa shape index (κ1) is 13.2. The average molecular weight is 231 g/mol. The molecular weight excluding hydrogens is 214 g/mol. The molecule has 1 rings (SSSR count). The van der Waals surface area contributed by atoms with Crippen molar-refractivity contribution >= 4 is 5.91 Å². The van der Waals surface area contributed by atoms with E-state index in [2.05, 4.69) is 6.07 Å². The van der Waals surface area contributed by atoms with Crippen LogP contribution in [-0.2, 0) is 11.3 Å². The van der Waals surface area contributed by atoms with E-state index in [1.165, 1.54) is 0 Å². The fraction of sp³-hybridized carbons (Fsp3) is 0.385. The van der Waals surface area contributed by atoms with E-state index in [-0.39, 0.29) is 11.9 Å². The summed E-state index contributed by atoms with van der Waals surface area (Å²) in [7, 11) is 1.92. The number of amides is 1. The average Bonchev–Trinajstić information content (AvgIpc) is 2.28. The van der Waals surface area contributed by atoms with Crippen LogP contribution in [-0.4, -0.2) is 23.9 Å². The lowest BCUT2D eigenvalue weighted by atomic mass is 10.1. The second-order valence-electron chi connectivity index (χ2n) is 4.20. The Balaban J connectivity index is 2.71. The number of hydrogen-bond acceptors (Lipinski definition) is 3. The summed E-state index contributed by atoms with van der Waals surface area (Å²) in [6.45, 7) is 2.58. The van der Waals surface area contributed by atoms with Gasteiger partial charge in [-0.15, -0.1) is 0 Å². The number of nitrogens with two attached hydrogens (primary N) is 1. The van der Waals surface area contributed by atoms with Gasteiger partial charge in [-0.2, -0.15) is 5.26 Å². The zero-order chi connectivity index (χ0) is 12.8. The Morgan fingerprint density at radius 1 is 1.53 bits per heavy atom. The van der Waals surface area contributed by atoms with Gasteiger partial charge in [0, 0.05) is 19.0 Å². The third kappa shape index (κ3) is 3.89. The lowest BCUT2D eigenvalue weighted by Crippen LogP contribution is -2.32. The van der Waals surface area contributed by atoms with Crippen LogP contribution in [0.5, 0.6) is 0 Å². The van der Waals surface area contributed by atoms with Crippen molar-refractivity contribution in [2.45, 2.75) is 25.9 Å². The first-order valence-electron chi connectivity index (χ1n) is 5.51. The minimum absolute atomic E-state index is 0.0687. The van der Waals surface area contributed by atoms with E-state index in [9.17, 15) is 4.79 Å². The monoisotopic (exact) mass is 231 g/mol. The summed E-state index contributed by atoms with van der Waals surface area (Å²) in [6.07, 6.45) is 0.325. The smallest absolute Gasteiger partial charge is 0.218 e. The van der Waals surface area contributed by atoms with E-state index in [0.29, 0.717) is 18.5 Å². The zero-order valence-corrected chi connectivity index (χ0v) is 10.2. The Morgan fingerprint density at radius 2 is 2.18 bits per heavy atom. The quantitative estimate of drug-likeness (QED) is 0.829. The van der Waals surface area contributed by atoms with Gasteiger partial charge in [0.1, 0.15) is 0 Å². The van der Waals surface area contributed by atoms with E-state index in [1.54, 1.807) is 6.07 Å². The molecule has 0 spiro atoms. The molecule has 1 aromatic carbocycles. The maximum Gasteiger partial charge on any atom is 0.218 e. The molecule has 0 fully saturated rings. The lowest BCUT2D eigenvalue weighted by molar-refractivity contribution is -0.119. The molecule has 0 radical (unpaired) electrons. The van der Waals surface area contributed by atoms with Crippen molar-refractivity contribution in [2.75, 3.05) is 7.05 Å². The van der Waals surface area contributed by atoms with Crippen molar-refractivity contribution in [3.63, 3.8) is 0 Å². The molecular formula is C13H17N3O. The molecule has 0 aliphatic heterocycles. The normalized spacial score (nSPS) is 12.1. The van der Waals surface area contributed by atoms with Crippen LogP contribution in [0, 0.1) is 11.3 Å². The van der Waals surface area contributed by atoms with E-state index in [0.717, 1.165) is 5.56 Å². The van der Waals surface area contributed by atoms with Crippen LogP contribution in [0.25, 0.3) is 0 Å². The van der Waals surface area contributed by atoms with E-state index < -0.39 is 0 Å². The number of primary amides is 1. The van der Waals surface area contributed by atoms with Crippen LogP contribution in [0.2, 0.25) is 0 Å². The molecule has 0 aliphatic rings. The Morgan fingerprint density at radius 3 is 2.76 bits per heavy atom. The molecule has 0 saturated heterocycles. The Labute approximate surface area is 102 Å². The van der Waals surface area contributed by atoms with Crippen molar-refractivity contribution in [3.05, 3.63) is 35.4 Å². The highest BCUT2D eigenvalue weighted by Gasteiger charge is 2.13. The first-order valence-corrected chi connectivity index (χ1v) is 5.51. The summed E-state index contributed by atoms with van der Waals surface area (Å²) in [5, 5.41) is 8.97. The molecule has 1 atom stereocenters. The van der Waals surface area contributed by atoms with Crippen LogP contribution in [0.3, 0.4) is 0 Å². The molecule has 1 aromatic rings. The fourth-order valence-corrected chi connectivity index (χ4v) is 1.64. The topological polar surface area (TPSA) is 70.1 Å². The van der Waals surface area contributed by atoms with E-state index >= 15 is 0 Å². The fourth-order valence-electron chi connectivity index (χ4n) is 1.64. The second kappa shape index (κ2) is 6.02. The molecule has 1 amide bonds. The molecule has 0 aromatic heterocycles. The number of rotatable bonds is 5. The van der Waals surface area contributed by atoms with Crippen LogP contribution in [0.1, 0.15) is 24.5 Å². The van der Waals surface area contributed by atoms with E-state index in [1.807, 2.05) is 37.1 Å². The molecule has 0 saturated carbocycles. The van der Waals surface area contributed by atoms with Gasteiger partial charge in [0.15, 0.2) is 0 Å². The lowest BCUT2D eigenvalue weighted by Gasteiger charge is -2.24. The highest BCUT2D eigenvalue weighted by Crippen LogP contribution is 2.12. The first-order chi connectivity index (χ1) is 8.04. The highest BCUT2D eigenvalue weighted by atomic mass is 16.1. The molecule has 1 unspecified atom stereocenters. The van der Waals surface area contributed by atoms with Gasteiger partial charge in [0.25, 0.3) is 0 Å².